The van der Waals surface area contributed by atoms with Crippen molar-refractivity contribution in [3.8, 4) is 0 Å². The fraction of sp³-hybridized carbons (Fsp3) is 0.647. The minimum atomic E-state index is -0.0551. The summed E-state index contributed by atoms with van der Waals surface area (Å²) in [6.45, 7) is 8.46. The van der Waals surface area contributed by atoms with Crippen LogP contribution < -0.4 is 4.90 Å². The van der Waals surface area contributed by atoms with Crippen molar-refractivity contribution in [1.82, 2.24) is 4.90 Å². The zero-order chi connectivity index (χ0) is 14.1. The molecule has 1 aromatic carbocycles. The third-order valence-corrected chi connectivity index (χ3v) is 4.82. The van der Waals surface area contributed by atoms with Gasteiger partial charge in [0.2, 0.25) is 0 Å². The maximum atomic E-state index is 14.4. The summed E-state index contributed by atoms with van der Waals surface area (Å²) >= 11 is 0. The summed E-state index contributed by atoms with van der Waals surface area (Å²) in [7, 11) is 0. The van der Waals surface area contributed by atoms with Crippen LogP contribution in [0.25, 0.3) is 0 Å². The SMILES string of the molecule is CC(C)c1ccc(N2CCN3CCCCC3C2)c(F)c1. The average molecular weight is 276 g/mol. The lowest BCUT2D eigenvalue weighted by atomic mass is 9.98. The molecule has 1 aromatic rings. The van der Waals surface area contributed by atoms with Gasteiger partial charge >= 0.3 is 0 Å². The first kappa shape index (κ1) is 13.9. The molecular weight excluding hydrogens is 251 g/mol. The zero-order valence-corrected chi connectivity index (χ0v) is 12.6. The van der Waals surface area contributed by atoms with E-state index in [9.17, 15) is 4.39 Å². The number of nitrogens with zero attached hydrogens (tertiary/aromatic N) is 2. The molecule has 0 saturated carbocycles. The molecule has 0 aromatic heterocycles. The Morgan fingerprint density at radius 2 is 2.00 bits per heavy atom. The lowest BCUT2D eigenvalue weighted by Crippen LogP contribution is -2.55. The van der Waals surface area contributed by atoms with Gasteiger partial charge in [-0.05, 0) is 43.0 Å². The van der Waals surface area contributed by atoms with Gasteiger partial charge in [0.05, 0.1) is 5.69 Å². The van der Waals surface area contributed by atoms with E-state index in [0.717, 1.165) is 30.9 Å². The van der Waals surface area contributed by atoms with Gasteiger partial charge in [0, 0.05) is 25.7 Å². The van der Waals surface area contributed by atoms with Crippen LogP contribution >= 0.6 is 0 Å². The molecule has 0 bridgehead atoms. The molecule has 1 atom stereocenters. The molecule has 2 aliphatic rings. The van der Waals surface area contributed by atoms with Gasteiger partial charge in [-0.1, -0.05) is 26.3 Å². The predicted molar refractivity (Wildman–Crippen MR) is 81.9 cm³/mol. The van der Waals surface area contributed by atoms with Crippen LogP contribution in [0.15, 0.2) is 18.2 Å². The van der Waals surface area contributed by atoms with Gasteiger partial charge in [-0.2, -0.15) is 0 Å². The molecule has 3 heteroatoms. The van der Waals surface area contributed by atoms with Crippen LogP contribution in [0, 0.1) is 5.82 Å². The molecule has 0 radical (unpaired) electrons. The topological polar surface area (TPSA) is 6.48 Å². The van der Waals surface area contributed by atoms with Crippen molar-refractivity contribution in [2.75, 3.05) is 31.1 Å². The second-order valence-corrected chi connectivity index (χ2v) is 6.50. The number of rotatable bonds is 2. The summed E-state index contributed by atoms with van der Waals surface area (Å²) in [5.41, 5.74) is 1.88. The van der Waals surface area contributed by atoms with E-state index in [1.54, 1.807) is 6.07 Å². The standard InChI is InChI=1S/C17H25FN2/c1-13(2)14-6-7-17(16(18)11-14)20-10-9-19-8-4-3-5-15(19)12-20/h6-7,11,13,15H,3-5,8-10,12H2,1-2H3. The Kier molecular flexibility index (Phi) is 3.97. The van der Waals surface area contributed by atoms with Crippen molar-refractivity contribution in [1.29, 1.82) is 0 Å². The quantitative estimate of drug-likeness (QED) is 0.814. The van der Waals surface area contributed by atoms with E-state index in [2.05, 4.69) is 29.7 Å². The molecule has 2 saturated heterocycles. The Balaban J connectivity index is 1.76. The monoisotopic (exact) mass is 276 g/mol. The van der Waals surface area contributed by atoms with Gasteiger partial charge < -0.3 is 4.90 Å². The number of hydrogen-bond donors (Lipinski definition) is 0. The predicted octanol–water partition coefficient (Wildman–Crippen LogP) is 3.62. The van der Waals surface area contributed by atoms with E-state index in [0.29, 0.717) is 12.0 Å². The number of piperidine rings is 1. The van der Waals surface area contributed by atoms with Gasteiger partial charge in [0.1, 0.15) is 5.82 Å². The number of piperazine rings is 1. The summed E-state index contributed by atoms with van der Waals surface area (Å²) in [4.78, 5) is 4.83. The number of anilines is 1. The van der Waals surface area contributed by atoms with Crippen molar-refractivity contribution in [3.05, 3.63) is 29.6 Å². The summed E-state index contributed by atoms with van der Waals surface area (Å²) in [5, 5.41) is 0. The molecule has 0 amide bonds. The van der Waals surface area contributed by atoms with Crippen LogP contribution in [-0.4, -0.2) is 37.1 Å². The highest BCUT2D eigenvalue weighted by atomic mass is 19.1. The molecule has 1 unspecified atom stereocenters. The first-order valence-corrected chi connectivity index (χ1v) is 7.93. The number of hydrogen-bond acceptors (Lipinski definition) is 2. The second-order valence-electron chi connectivity index (χ2n) is 6.50. The first-order valence-electron chi connectivity index (χ1n) is 7.93. The molecule has 2 aliphatic heterocycles. The van der Waals surface area contributed by atoms with Crippen molar-refractivity contribution in [2.24, 2.45) is 0 Å². The van der Waals surface area contributed by atoms with Crippen LogP contribution in [0.2, 0.25) is 0 Å². The highest BCUT2D eigenvalue weighted by molar-refractivity contribution is 5.50. The van der Waals surface area contributed by atoms with Crippen LogP contribution in [0.5, 0.6) is 0 Å². The largest absolute Gasteiger partial charge is 0.366 e. The number of benzene rings is 1. The van der Waals surface area contributed by atoms with Crippen LogP contribution in [0.3, 0.4) is 0 Å². The normalized spacial score (nSPS) is 24.0. The first-order chi connectivity index (χ1) is 9.65. The summed E-state index contributed by atoms with van der Waals surface area (Å²) < 4.78 is 14.4. The lowest BCUT2D eigenvalue weighted by molar-refractivity contribution is 0.133. The Labute approximate surface area is 121 Å². The summed E-state index contributed by atoms with van der Waals surface area (Å²) in [6, 6.07) is 6.40. The highest BCUT2D eigenvalue weighted by Gasteiger charge is 2.29. The van der Waals surface area contributed by atoms with Gasteiger partial charge in [-0.15, -0.1) is 0 Å². The van der Waals surface area contributed by atoms with Gasteiger partial charge in [0.15, 0.2) is 0 Å². The fourth-order valence-corrected chi connectivity index (χ4v) is 3.51. The number of fused-ring (bicyclic) bond motifs is 1. The van der Waals surface area contributed by atoms with E-state index in [1.165, 1.54) is 25.8 Å². The van der Waals surface area contributed by atoms with E-state index >= 15 is 0 Å². The second kappa shape index (κ2) is 5.72. The average Bonchev–Trinajstić information content (AvgIpc) is 2.46. The van der Waals surface area contributed by atoms with Gasteiger partial charge in [-0.3, -0.25) is 4.90 Å². The molecule has 3 rings (SSSR count). The maximum absolute atomic E-state index is 14.4. The fourth-order valence-electron chi connectivity index (χ4n) is 3.51. The Morgan fingerprint density at radius 1 is 1.15 bits per heavy atom. The van der Waals surface area contributed by atoms with E-state index in [1.807, 2.05) is 6.07 Å². The van der Waals surface area contributed by atoms with Crippen LogP contribution in [0.4, 0.5) is 10.1 Å². The molecular formula is C17H25FN2. The molecule has 0 aliphatic carbocycles. The van der Waals surface area contributed by atoms with Gasteiger partial charge in [-0.25, -0.2) is 4.39 Å². The Bertz CT molecular complexity index is 472. The molecule has 20 heavy (non-hydrogen) atoms. The van der Waals surface area contributed by atoms with Crippen molar-refractivity contribution >= 4 is 5.69 Å². The third-order valence-electron chi connectivity index (χ3n) is 4.82. The molecule has 2 fully saturated rings. The van der Waals surface area contributed by atoms with Crippen molar-refractivity contribution < 1.29 is 4.39 Å². The third kappa shape index (κ3) is 2.69. The van der Waals surface area contributed by atoms with E-state index in [-0.39, 0.29) is 5.82 Å². The molecule has 0 spiro atoms. The Morgan fingerprint density at radius 3 is 2.75 bits per heavy atom. The minimum absolute atomic E-state index is 0.0551. The summed E-state index contributed by atoms with van der Waals surface area (Å²) in [6.07, 6.45) is 3.92. The van der Waals surface area contributed by atoms with Crippen LogP contribution in [0.1, 0.15) is 44.6 Å². The smallest absolute Gasteiger partial charge is 0.146 e. The van der Waals surface area contributed by atoms with Crippen molar-refractivity contribution in [3.63, 3.8) is 0 Å². The molecule has 2 heterocycles. The minimum Gasteiger partial charge on any atom is -0.366 e. The number of halogens is 1. The van der Waals surface area contributed by atoms with E-state index < -0.39 is 0 Å². The van der Waals surface area contributed by atoms with E-state index in [4.69, 9.17) is 0 Å². The Hall–Kier alpha value is -1.09. The van der Waals surface area contributed by atoms with Crippen LogP contribution in [-0.2, 0) is 0 Å². The molecule has 2 nitrogen and oxygen atoms in total. The van der Waals surface area contributed by atoms with Gasteiger partial charge in [0.25, 0.3) is 0 Å². The molecule has 110 valence electrons. The highest BCUT2D eigenvalue weighted by Crippen LogP contribution is 2.28. The zero-order valence-electron chi connectivity index (χ0n) is 12.6. The van der Waals surface area contributed by atoms with Crippen molar-refractivity contribution in [2.45, 2.75) is 45.1 Å². The maximum Gasteiger partial charge on any atom is 0.146 e. The summed E-state index contributed by atoms with van der Waals surface area (Å²) in [5.74, 6) is 0.328. The molecule has 0 N–H and O–H groups in total. The lowest BCUT2D eigenvalue weighted by Gasteiger charge is -2.45.